The number of aromatic amines is 1. The second kappa shape index (κ2) is 8.75. The third-order valence-electron chi connectivity index (χ3n) is 6.96. The van der Waals surface area contributed by atoms with Crippen LogP contribution >= 0.6 is 11.3 Å². The van der Waals surface area contributed by atoms with E-state index in [4.69, 9.17) is 9.72 Å². The second-order valence-electron chi connectivity index (χ2n) is 8.75. The molecule has 0 radical (unpaired) electrons. The highest BCUT2D eigenvalue weighted by molar-refractivity contribution is 7.17. The highest BCUT2D eigenvalue weighted by Crippen LogP contribution is 2.42. The predicted octanol–water partition coefficient (Wildman–Crippen LogP) is 4.70. The fraction of sp³-hybridized carbons (Fsp3) is 0.500. The molecule has 5 rings (SSSR count). The van der Waals surface area contributed by atoms with Gasteiger partial charge in [0.15, 0.2) is 11.4 Å². The van der Waals surface area contributed by atoms with Crippen LogP contribution in [0.5, 0.6) is 0 Å². The monoisotopic (exact) mass is 452 g/mol. The average molecular weight is 453 g/mol. The molecule has 168 valence electrons. The first kappa shape index (κ1) is 21.3. The molecule has 1 saturated heterocycles. The first-order valence-electron chi connectivity index (χ1n) is 11.5. The van der Waals surface area contributed by atoms with Crippen molar-refractivity contribution >= 4 is 34.2 Å². The lowest BCUT2D eigenvalue weighted by Crippen LogP contribution is -2.40. The average Bonchev–Trinajstić information content (AvgIpc) is 3.51. The number of ketones is 1. The number of fused-ring (bicyclic) bond motifs is 1. The van der Waals surface area contributed by atoms with Crippen molar-refractivity contribution in [1.29, 1.82) is 0 Å². The van der Waals surface area contributed by atoms with Crippen LogP contribution in [0.4, 0.5) is 0 Å². The lowest BCUT2D eigenvalue weighted by molar-refractivity contribution is 0.0306. The molecule has 1 saturated carbocycles. The number of ether oxygens (including phenoxy) is 1. The van der Waals surface area contributed by atoms with Crippen LogP contribution in [0.25, 0.3) is 21.7 Å². The Labute approximate surface area is 191 Å². The summed E-state index contributed by atoms with van der Waals surface area (Å²) in [4.78, 5) is 42.3. The molecular weight excluding hydrogens is 424 g/mol. The summed E-state index contributed by atoms with van der Waals surface area (Å²) >= 11 is 1.42. The van der Waals surface area contributed by atoms with Crippen molar-refractivity contribution in [3.63, 3.8) is 0 Å². The molecule has 8 heteroatoms. The number of nitrogens with one attached hydrogen (secondary N) is 1. The zero-order chi connectivity index (χ0) is 22.1. The summed E-state index contributed by atoms with van der Waals surface area (Å²) in [6, 6.07) is 3.76. The minimum absolute atomic E-state index is 0.0262. The van der Waals surface area contributed by atoms with E-state index in [-0.39, 0.29) is 17.1 Å². The van der Waals surface area contributed by atoms with E-state index in [9.17, 15) is 9.59 Å². The summed E-state index contributed by atoms with van der Waals surface area (Å²) in [5.41, 5.74) is 2.29. The normalized spacial score (nSPS) is 18.7. The summed E-state index contributed by atoms with van der Waals surface area (Å²) in [6.45, 7) is 4.51. The van der Waals surface area contributed by atoms with Crippen molar-refractivity contribution in [2.45, 2.75) is 45.4 Å². The van der Waals surface area contributed by atoms with Gasteiger partial charge in [-0.15, -0.1) is 11.3 Å². The first-order chi connectivity index (χ1) is 15.6. The fourth-order valence-corrected chi connectivity index (χ4v) is 5.88. The maximum absolute atomic E-state index is 13.6. The van der Waals surface area contributed by atoms with Gasteiger partial charge < -0.3 is 14.6 Å². The summed E-state index contributed by atoms with van der Waals surface area (Å²) in [7, 11) is 0. The van der Waals surface area contributed by atoms with Crippen molar-refractivity contribution in [2.24, 2.45) is 5.41 Å². The molecule has 4 heterocycles. The number of nitrogens with zero attached hydrogens (tertiary/aromatic N) is 3. The smallest absolute Gasteiger partial charge is 0.264 e. The van der Waals surface area contributed by atoms with Crippen molar-refractivity contribution in [3.05, 3.63) is 35.0 Å². The molecule has 2 aliphatic rings. The third-order valence-corrected chi connectivity index (χ3v) is 8.06. The largest absolute Gasteiger partial charge is 0.378 e. The summed E-state index contributed by atoms with van der Waals surface area (Å²) < 4.78 is 5.34. The van der Waals surface area contributed by atoms with Crippen LogP contribution in [0.2, 0.25) is 0 Å². The van der Waals surface area contributed by atoms with Crippen LogP contribution in [0.15, 0.2) is 24.5 Å². The molecule has 0 aromatic carbocycles. The van der Waals surface area contributed by atoms with E-state index >= 15 is 0 Å². The third kappa shape index (κ3) is 3.75. The van der Waals surface area contributed by atoms with Crippen molar-refractivity contribution in [1.82, 2.24) is 19.9 Å². The van der Waals surface area contributed by atoms with E-state index in [0.717, 1.165) is 37.0 Å². The van der Waals surface area contributed by atoms with Crippen LogP contribution in [-0.2, 0) is 4.74 Å². The van der Waals surface area contributed by atoms with Gasteiger partial charge in [-0.2, -0.15) is 0 Å². The fourth-order valence-electron chi connectivity index (χ4n) is 4.95. The molecule has 3 aromatic heterocycles. The van der Waals surface area contributed by atoms with Gasteiger partial charge in [0, 0.05) is 24.7 Å². The number of rotatable bonds is 5. The number of aromatic nitrogens is 3. The number of H-pyrrole nitrogens is 1. The molecule has 3 aromatic rings. The summed E-state index contributed by atoms with van der Waals surface area (Å²) in [5, 5.41) is 0. The molecular formula is C24H28N4O3S. The van der Waals surface area contributed by atoms with Crippen LogP contribution < -0.4 is 0 Å². The number of Topliss-reactive ketones (excluding diaryl/α,β-unsaturated/α-hetero) is 1. The Bertz CT molecular complexity index is 1140. The lowest BCUT2D eigenvalue weighted by atomic mass is 9.68. The van der Waals surface area contributed by atoms with E-state index in [1.54, 1.807) is 12.4 Å². The van der Waals surface area contributed by atoms with Crippen molar-refractivity contribution in [3.8, 4) is 10.6 Å². The number of morpholine rings is 1. The van der Waals surface area contributed by atoms with E-state index < -0.39 is 0 Å². The number of hydrogen-bond donors (Lipinski definition) is 1. The number of hydrogen-bond acceptors (Lipinski definition) is 6. The Morgan fingerprint density at radius 2 is 1.97 bits per heavy atom. The van der Waals surface area contributed by atoms with Gasteiger partial charge in [-0.05, 0) is 31.4 Å². The van der Waals surface area contributed by atoms with Crippen LogP contribution in [0.1, 0.15) is 65.5 Å². The standard InChI is InChI=1S/C24H28N4O3S/c1-2-24(8-4-3-5-9-24)21(29)16-14-25-22-20(16)27-17(15-26-22)18-6-7-19(32-18)23(30)28-10-12-31-13-11-28/h6-7,14-15H,2-5,8-13H2,1H3,(H,25,26). The highest BCUT2D eigenvalue weighted by Gasteiger charge is 2.39. The Hall–Kier alpha value is -2.58. The number of amides is 1. The van der Waals surface area contributed by atoms with E-state index in [0.29, 0.717) is 53.6 Å². The van der Waals surface area contributed by atoms with E-state index in [1.165, 1.54) is 17.8 Å². The molecule has 32 heavy (non-hydrogen) atoms. The Morgan fingerprint density at radius 3 is 2.72 bits per heavy atom. The van der Waals surface area contributed by atoms with Gasteiger partial charge in [0.1, 0.15) is 5.52 Å². The zero-order valence-electron chi connectivity index (χ0n) is 18.4. The van der Waals surface area contributed by atoms with Crippen LogP contribution in [-0.4, -0.2) is 57.8 Å². The molecule has 1 aliphatic carbocycles. The predicted molar refractivity (Wildman–Crippen MR) is 124 cm³/mol. The minimum Gasteiger partial charge on any atom is -0.378 e. The molecule has 7 nitrogen and oxygen atoms in total. The summed E-state index contributed by atoms with van der Waals surface area (Å²) in [6.07, 6.45) is 9.63. The Balaban J connectivity index is 1.45. The van der Waals surface area contributed by atoms with Gasteiger partial charge in [0.2, 0.25) is 0 Å². The topological polar surface area (TPSA) is 88.2 Å². The van der Waals surface area contributed by atoms with Crippen LogP contribution in [0.3, 0.4) is 0 Å². The van der Waals surface area contributed by atoms with Gasteiger partial charge in [0.25, 0.3) is 5.91 Å². The molecule has 2 fully saturated rings. The number of carbonyl (C=O) groups excluding carboxylic acids is 2. The van der Waals surface area contributed by atoms with Gasteiger partial charge in [-0.25, -0.2) is 9.97 Å². The Kier molecular flexibility index (Phi) is 5.82. The molecule has 1 amide bonds. The SMILES string of the molecule is CCC1(C(=O)c2c[nH]c3ncc(-c4ccc(C(=O)N5CCOCC5)s4)nc23)CCCCC1. The van der Waals surface area contributed by atoms with Crippen molar-refractivity contribution in [2.75, 3.05) is 26.3 Å². The minimum atomic E-state index is -0.286. The molecule has 0 bridgehead atoms. The lowest BCUT2D eigenvalue weighted by Gasteiger charge is -2.34. The second-order valence-corrected chi connectivity index (χ2v) is 9.83. The van der Waals surface area contributed by atoms with Gasteiger partial charge in [-0.3, -0.25) is 9.59 Å². The van der Waals surface area contributed by atoms with Crippen molar-refractivity contribution < 1.29 is 14.3 Å². The molecule has 0 spiro atoms. The zero-order valence-corrected chi connectivity index (χ0v) is 19.2. The molecule has 1 aliphatic heterocycles. The maximum Gasteiger partial charge on any atom is 0.264 e. The molecule has 1 N–H and O–H groups in total. The molecule has 0 unspecified atom stereocenters. The van der Waals surface area contributed by atoms with E-state index in [1.807, 2.05) is 17.0 Å². The molecule has 0 atom stereocenters. The highest BCUT2D eigenvalue weighted by atomic mass is 32.1. The summed E-state index contributed by atoms with van der Waals surface area (Å²) in [5.74, 6) is 0.213. The first-order valence-corrected chi connectivity index (χ1v) is 12.3. The van der Waals surface area contributed by atoms with Gasteiger partial charge in [-0.1, -0.05) is 26.2 Å². The quantitative estimate of drug-likeness (QED) is 0.567. The maximum atomic E-state index is 13.6. The number of carbonyl (C=O) groups is 2. The number of thiophene rings is 1. The van der Waals surface area contributed by atoms with E-state index in [2.05, 4.69) is 16.9 Å². The van der Waals surface area contributed by atoms with Gasteiger partial charge >= 0.3 is 0 Å². The Morgan fingerprint density at radius 1 is 1.19 bits per heavy atom. The van der Waals surface area contributed by atoms with Crippen LogP contribution in [0, 0.1) is 5.41 Å². The van der Waals surface area contributed by atoms with Gasteiger partial charge in [0.05, 0.1) is 40.4 Å².